The number of ether oxygens (including phenoxy) is 2. The zero-order chi connectivity index (χ0) is 37.1. The van der Waals surface area contributed by atoms with Crippen LogP contribution in [-0.2, 0) is 30.3 Å². The number of hydrogen-bond donors (Lipinski definition) is 5. The van der Waals surface area contributed by atoms with E-state index in [1.54, 1.807) is 48.5 Å². The molecule has 1 aliphatic heterocycles. The van der Waals surface area contributed by atoms with Crippen molar-refractivity contribution >= 4 is 46.8 Å². The number of urea groups is 1. The fourth-order valence-electron chi connectivity index (χ4n) is 5.75. The number of piperidine rings is 1. The molecular formula is C38H47N5O8. The first-order chi connectivity index (χ1) is 24.2. The highest BCUT2D eigenvalue weighted by atomic mass is 16.6. The number of hydrogen-bond acceptors (Lipinski definition) is 8. The van der Waals surface area contributed by atoms with E-state index in [0.29, 0.717) is 59.9 Å². The Morgan fingerprint density at radius 1 is 0.902 bits per heavy atom. The van der Waals surface area contributed by atoms with Gasteiger partial charge in [-0.15, -0.1) is 0 Å². The molecule has 0 saturated carbocycles. The molecule has 51 heavy (non-hydrogen) atoms. The van der Waals surface area contributed by atoms with E-state index in [9.17, 15) is 29.1 Å². The Morgan fingerprint density at radius 2 is 1.57 bits per heavy atom. The van der Waals surface area contributed by atoms with Crippen molar-refractivity contribution in [1.29, 1.82) is 0 Å². The van der Waals surface area contributed by atoms with E-state index in [1.807, 2.05) is 50.8 Å². The number of rotatable bonds is 13. The molecule has 0 aliphatic carbocycles. The van der Waals surface area contributed by atoms with E-state index >= 15 is 0 Å². The van der Waals surface area contributed by atoms with Gasteiger partial charge in [-0.3, -0.25) is 24.1 Å². The molecule has 0 unspecified atom stereocenters. The number of methoxy groups -OCH3 is 1. The Bertz CT molecular complexity index is 1710. The van der Waals surface area contributed by atoms with Gasteiger partial charge in [0.25, 0.3) is 0 Å². The van der Waals surface area contributed by atoms with Crippen LogP contribution in [0.3, 0.4) is 0 Å². The van der Waals surface area contributed by atoms with E-state index < -0.39 is 23.6 Å². The molecule has 4 amide bonds. The minimum atomic E-state index is -1.06. The first-order valence-electron chi connectivity index (χ1n) is 16.9. The van der Waals surface area contributed by atoms with Gasteiger partial charge in [0.2, 0.25) is 11.8 Å². The fraction of sp³-hybridized carbons (Fsp3) is 0.395. The van der Waals surface area contributed by atoms with Gasteiger partial charge in [0.05, 0.1) is 38.2 Å². The van der Waals surface area contributed by atoms with E-state index in [-0.39, 0.29) is 43.1 Å². The molecule has 0 radical (unpaired) electrons. The summed E-state index contributed by atoms with van der Waals surface area (Å²) in [4.78, 5) is 64.5. The first kappa shape index (κ1) is 38.4. The van der Waals surface area contributed by atoms with Gasteiger partial charge >= 0.3 is 18.0 Å². The van der Waals surface area contributed by atoms with Crippen molar-refractivity contribution < 1.29 is 38.6 Å². The standard InChI is InChI=1S/C38H47N5O8/c1-24-8-6-7-9-29(24)41-37(49)42-30-15-10-25(20-32(30)50-5)21-33(44)39-28-13-11-26(12-14-28)31(22-34(45)46)40-36(48)27-16-18-43(19-17-27)23-35(47)51-38(2,3)4/h6-15,20,27,31H,16-19,21-23H2,1-5H3,(H,39,44)(H,40,48)(H,45,46)(H2,41,42,49)/t31-/m1/s1. The molecular weight excluding hydrogens is 654 g/mol. The number of nitrogens with zero attached hydrogens (tertiary/aromatic N) is 1. The maximum absolute atomic E-state index is 13.2. The van der Waals surface area contributed by atoms with Crippen LogP contribution in [-0.4, -0.2) is 72.1 Å². The average molecular weight is 702 g/mol. The van der Waals surface area contributed by atoms with E-state index in [1.165, 1.54) is 7.11 Å². The molecule has 5 N–H and O–H groups in total. The van der Waals surface area contributed by atoms with Crippen LogP contribution in [0.4, 0.5) is 21.9 Å². The Hall–Kier alpha value is -5.43. The van der Waals surface area contributed by atoms with Crippen molar-refractivity contribution in [3.05, 3.63) is 83.4 Å². The number of benzene rings is 3. The lowest BCUT2D eigenvalue weighted by atomic mass is 9.94. The number of aryl methyl sites for hydroxylation is 1. The number of para-hydroxylation sites is 1. The number of carboxylic acid groups (broad SMARTS) is 1. The molecule has 3 aromatic carbocycles. The highest BCUT2D eigenvalue weighted by Gasteiger charge is 2.29. The summed E-state index contributed by atoms with van der Waals surface area (Å²) in [7, 11) is 1.48. The number of likely N-dealkylation sites (tertiary alicyclic amines) is 1. The van der Waals surface area contributed by atoms with Gasteiger partial charge in [-0.05, 0) is 101 Å². The predicted molar refractivity (Wildman–Crippen MR) is 194 cm³/mol. The lowest BCUT2D eigenvalue weighted by molar-refractivity contribution is -0.156. The summed E-state index contributed by atoms with van der Waals surface area (Å²) in [5, 5.41) is 20.9. The van der Waals surface area contributed by atoms with Crippen LogP contribution >= 0.6 is 0 Å². The van der Waals surface area contributed by atoms with Crippen molar-refractivity contribution in [3.63, 3.8) is 0 Å². The normalized spacial score (nSPS) is 14.1. The third kappa shape index (κ3) is 12.1. The number of anilines is 3. The SMILES string of the molecule is COc1cc(CC(=O)Nc2ccc([C@@H](CC(=O)O)NC(=O)C3CCN(CC(=O)OC(C)(C)C)CC3)cc2)ccc1NC(=O)Nc1ccccc1C. The van der Waals surface area contributed by atoms with Crippen LogP contribution in [0.1, 0.15) is 62.8 Å². The Labute approximate surface area is 298 Å². The number of aliphatic carboxylic acids is 1. The van der Waals surface area contributed by atoms with E-state index in [4.69, 9.17) is 9.47 Å². The molecule has 0 aromatic heterocycles. The zero-order valence-electron chi connectivity index (χ0n) is 29.7. The third-order valence-electron chi connectivity index (χ3n) is 8.30. The molecule has 13 nitrogen and oxygen atoms in total. The lowest BCUT2D eigenvalue weighted by Crippen LogP contribution is -2.44. The smallest absolute Gasteiger partial charge is 0.323 e. The monoisotopic (exact) mass is 701 g/mol. The quantitative estimate of drug-likeness (QED) is 0.144. The Morgan fingerprint density at radius 3 is 2.20 bits per heavy atom. The van der Waals surface area contributed by atoms with Gasteiger partial charge in [0.15, 0.2) is 0 Å². The summed E-state index contributed by atoms with van der Waals surface area (Å²) < 4.78 is 10.9. The maximum Gasteiger partial charge on any atom is 0.323 e. The Kier molecular flexibility index (Phi) is 13.2. The summed E-state index contributed by atoms with van der Waals surface area (Å²) in [6, 6.07) is 18.0. The fourth-order valence-corrected chi connectivity index (χ4v) is 5.75. The van der Waals surface area contributed by atoms with Crippen molar-refractivity contribution in [3.8, 4) is 5.75 Å². The number of carbonyl (C=O) groups is 5. The van der Waals surface area contributed by atoms with Crippen molar-refractivity contribution in [2.45, 2.75) is 65.0 Å². The average Bonchev–Trinajstić information content (AvgIpc) is 3.05. The molecule has 1 saturated heterocycles. The van der Waals surface area contributed by atoms with Gasteiger partial charge in [0.1, 0.15) is 11.4 Å². The molecule has 272 valence electrons. The molecule has 0 spiro atoms. The first-order valence-corrected chi connectivity index (χ1v) is 16.9. The van der Waals surface area contributed by atoms with E-state index in [2.05, 4.69) is 21.3 Å². The summed E-state index contributed by atoms with van der Waals surface area (Å²) in [5.74, 6) is -1.82. The summed E-state index contributed by atoms with van der Waals surface area (Å²) >= 11 is 0. The topological polar surface area (TPSA) is 175 Å². The molecule has 3 aromatic rings. The van der Waals surface area contributed by atoms with E-state index in [0.717, 1.165) is 5.56 Å². The Balaban J connectivity index is 1.30. The number of carbonyl (C=O) groups excluding carboxylic acids is 4. The van der Waals surface area contributed by atoms with Crippen molar-refractivity contribution in [1.82, 2.24) is 10.2 Å². The molecule has 13 heteroatoms. The zero-order valence-corrected chi connectivity index (χ0v) is 29.7. The van der Waals surface area contributed by atoms with Gasteiger partial charge in [0, 0.05) is 17.3 Å². The van der Waals surface area contributed by atoms with Gasteiger partial charge in [-0.25, -0.2) is 4.79 Å². The minimum Gasteiger partial charge on any atom is -0.495 e. The number of esters is 1. The second kappa shape index (κ2) is 17.5. The van der Waals surface area contributed by atoms with Crippen LogP contribution in [0.25, 0.3) is 0 Å². The molecule has 1 aliphatic rings. The number of nitrogens with one attached hydrogen (secondary N) is 4. The minimum absolute atomic E-state index is 0.0298. The molecule has 0 bridgehead atoms. The van der Waals surface area contributed by atoms with Gasteiger partial charge in [-0.2, -0.15) is 0 Å². The second-order valence-corrected chi connectivity index (χ2v) is 13.6. The summed E-state index contributed by atoms with van der Waals surface area (Å²) in [6.07, 6.45) is 0.791. The number of carboxylic acids is 1. The van der Waals surface area contributed by atoms with Gasteiger partial charge < -0.3 is 35.8 Å². The van der Waals surface area contributed by atoms with Crippen LogP contribution in [0.15, 0.2) is 66.7 Å². The molecule has 1 atom stereocenters. The van der Waals surface area contributed by atoms with Crippen LogP contribution in [0.5, 0.6) is 5.75 Å². The van der Waals surface area contributed by atoms with Gasteiger partial charge in [-0.1, -0.05) is 36.4 Å². The highest BCUT2D eigenvalue weighted by molar-refractivity contribution is 6.01. The third-order valence-corrected chi connectivity index (χ3v) is 8.30. The van der Waals surface area contributed by atoms with Crippen LogP contribution in [0.2, 0.25) is 0 Å². The summed E-state index contributed by atoms with van der Waals surface area (Å²) in [5.41, 5.74) is 3.22. The summed E-state index contributed by atoms with van der Waals surface area (Å²) in [6.45, 7) is 8.60. The van der Waals surface area contributed by atoms with Crippen LogP contribution < -0.4 is 26.0 Å². The second-order valence-electron chi connectivity index (χ2n) is 13.6. The molecule has 4 rings (SSSR count). The van der Waals surface area contributed by atoms with Crippen molar-refractivity contribution in [2.24, 2.45) is 5.92 Å². The number of amides is 4. The lowest BCUT2D eigenvalue weighted by Gasteiger charge is -2.32. The molecule has 1 heterocycles. The largest absolute Gasteiger partial charge is 0.495 e. The molecule has 1 fully saturated rings. The predicted octanol–water partition coefficient (Wildman–Crippen LogP) is 5.51. The van der Waals surface area contributed by atoms with Crippen LogP contribution in [0, 0.1) is 12.8 Å². The highest BCUT2D eigenvalue weighted by Crippen LogP contribution is 2.27. The maximum atomic E-state index is 13.2. The van der Waals surface area contributed by atoms with Crippen molar-refractivity contribution in [2.75, 3.05) is 42.7 Å².